The zero-order valence-corrected chi connectivity index (χ0v) is 17.0. The molecule has 0 aliphatic rings. The van der Waals surface area contributed by atoms with Crippen LogP contribution in [-0.4, -0.2) is 6.38 Å². The van der Waals surface area contributed by atoms with E-state index in [1.54, 1.807) is 0 Å². The molecule has 2 aromatic carbocycles. The summed E-state index contributed by atoms with van der Waals surface area (Å²) in [4.78, 5) is 0. The van der Waals surface area contributed by atoms with Gasteiger partial charge in [-0.1, -0.05) is 52.4 Å². The minimum Gasteiger partial charge on any atom is -0.213 e. The van der Waals surface area contributed by atoms with Crippen molar-refractivity contribution in [3.05, 3.63) is 59.7 Å². The molecule has 0 N–H and O–H groups in total. The van der Waals surface area contributed by atoms with Crippen LogP contribution in [0, 0.1) is 0 Å². The van der Waals surface area contributed by atoms with Crippen molar-refractivity contribution in [2.45, 2.75) is 52.4 Å². The van der Waals surface area contributed by atoms with E-state index in [0.717, 1.165) is 0 Å². The summed E-state index contributed by atoms with van der Waals surface area (Å²) in [6, 6.07) is 17.2. The third-order valence-corrected chi connectivity index (χ3v) is 3.10. The molecule has 0 bridgehead atoms. The summed E-state index contributed by atoms with van der Waals surface area (Å²) >= 11 is 4.64. The fourth-order valence-electron chi connectivity index (χ4n) is 1.92. The minimum atomic E-state index is 0. The Morgan fingerprint density at radius 3 is 1.19 bits per heavy atom. The molecule has 0 nitrogen and oxygen atoms in total. The predicted molar refractivity (Wildman–Crippen MR) is 93.1 cm³/mol. The smallest absolute Gasteiger partial charge is 0.213 e. The van der Waals surface area contributed by atoms with Crippen molar-refractivity contribution in [3.63, 3.8) is 0 Å². The van der Waals surface area contributed by atoms with Gasteiger partial charge in [0.1, 0.15) is 0 Å². The molecular weight excluding hydrogens is 355 g/mol. The van der Waals surface area contributed by atoms with E-state index >= 15 is 0 Å². The summed E-state index contributed by atoms with van der Waals surface area (Å²) in [6.45, 7) is 4.45. The normalized spacial score (nSPS) is 8.76. The first-order valence-electron chi connectivity index (χ1n) is 7.65. The molecule has 0 unspecified atom stereocenters. The van der Waals surface area contributed by atoms with E-state index in [0.29, 0.717) is 0 Å². The van der Waals surface area contributed by atoms with Crippen LogP contribution in [0.3, 0.4) is 0 Å². The van der Waals surface area contributed by atoms with Crippen LogP contribution in [0.2, 0.25) is 0 Å². The number of aryl methyl sites for hydroxylation is 2. The van der Waals surface area contributed by atoms with E-state index in [1.165, 1.54) is 56.0 Å². The fourth-order valence-corrected chi connectivity index (χ4v) is 1.92. The molecule has 0 amide bonds. The molecule has 116 valence electrons. The molecular formula is C19H29ClZr. The van der Waals surface area contributed by atoms with Crippen LogP contribution in [-0.2, 0) is 39.0 Å². The van der Waals surface area contributed by atoms with Crippen LogP contribution < -0.4 is 0 Å². The first-order valence-corrected chi connectivity index (χ1v) is 8.41. The van der Waals surface area contributed by atoms with Crippen molar-refractivity contribution < 1.29 is 26.2 Å². The average molecular weight is 384 g/mol. The Balaban J connectivity index is 0. The Labute approximate surface area is 155 Å². The maximum atomic E-state index is 4.64. The van der Waals surface area contributed by atoms with Gasteiger partial charge < -0.3 is 0 Å². The molecule has 0 heterocycles. The second-order valence-electron chi connectivity index (χ2n) is 4.79. The monoisotopic (exact) mass is 382 g/mol. The van der Waals surface area contributed by atoms with Gasteiger partial charge in [-0.2, -0.15) is 35.4 Å². The molecule has 0 aromatic heterocycles. The van der Waals surface area contributed by atoms with Crippen LogP contribution >= 0.6 is 11.6 Å². The van der Waals surface area contributed by atoms with E-state index in [1.807, 2.05) is 0 Å². The number of hydrogen-bond acceptors (Lipinski definition) is 0. The Bertz CT molecular complexity index is 324. The van der Waals surface area contributed by atoms with Gasteiger partial charge in [0.15, 0.2) is 0 Å². The molecule has 2 aromatic rings. The van der Waals surface area contributed by atoms with E-state index in [9.17, 15) is 0 Å². The van der Waals surface area contributed by atoms with E-state index in [-0.39, 0.29) is 26.2 Å². The number of halogens is 1. The first-order chi connectivity index (χ1) is 9.86. The van der Waals surface area contributed by atoms with Gasteiger partial charge in [-0.25, -0.2) is 24.3 Å². The Morgan fingerprint density at radius 1 is 0.667 bits per heavy atom. The molecule has 2 heteroatoms. The zero-order chi connectivity index (χ0) is 15.1. The van der Waals surface area contributed by atoms with Gasteiger partial charge in [-0.3, -0.25) is 0 Å². The molecule has 0 atom stereocenters. The van der Waals surface area contributed by atoms with Crippen LogP contribution in [0.15, 0.2) is 48.5 Å². The zero-order valence-electron chi connectivity index (χ0n) is 13.7. The summed E-state index contributed by atoms with van der Waals surface area (Å²) in [5.41, 5.74) is 2.97. The summed E-state index contributed by atoms with van der Waals surface area (Å²) in [5, 5.41) is 0. The minimum absolute atomic E-state index is 0. The van der Waals surface area contributed by atoms with Crippen molar-refractivity contribution in [2.24, 2.45) is 0 Å². The SMILES string of the molecule is CCCC[c-]1cccc1.CCCC[c-]1cccc1.CCl.[Zr+2]. The second-order valence-corrected chi connectivity index (χ2v) is 4.79. The van der Waals surface area contributed by atoms with Gasteiger partial charge in [-0.05, 0) is 0 Å². The number of unbranched alkanes of at least 4 members (excludes halogenated alkanes) is 2. The van der Waals surface area contributed by atoms with Crippen LogP contribution in [0.1, 0.15) is 50.7 Å². The molecule has 0 radical (unpaired) electrons. The topological polar surface area (TPSA) is 0 Å². The van der Waals surface area contributed by atoms with Crippen LogP contribution in [0.25, 0.3) is 0 Å². The summed E-state index contributed by atoms with van der Waals surface area (Å²) in [5.74, 6) is 0. The Hall–Kier alpha value is -0.127. The largest absolute Gasteiger partial charge is 2.00 e. The number of hydrogen-bond donors (Lipinski definition) is 0. The van der Waals surface area contributed by atoms with Crippen molar-refractivity contribution in [1.29, 1.82) is 0 Å². The molecule has 0 aliphatic carbocycles. The summed E-state index contributed by atoms with van der Waals surface area (Å²) in [7, 11) is 0. The third-order valence-electron chi connectivity index (χ3n) is 3.10. The Kier molecular flexibility index (Phi) is 19.8. The first kappa shape index (κ1) is 23.1. The Morgan fingerprint density at radius 2 is 0.952 bits per heavy atom. The predicted octanol–water partition coefficient (Wildman–Crippen LogP) is 6.35. The standard InChI is InChI=1S/2C9H13.CH3Cl.Zr/c2*1-2-3-6-9-7-4-5-8-9;1-2;/h2*4-5,7-8H,2-3,6H2,1H3;1H3;/q2*-1;;+2. The quantitative estimate of drug-likeness (QED) is 0.402. The van der Waals surface area contributed by atoms with Gasteiger partial charge in [0.25, 0.3) is 0 Å². The molecule has 21 heavy (non-hydrogen) atoms. The van der Waals surface area contributed by atoms with E-state index in [4.69, 9.17) is 0 Å². The average Bonchev–Trinajstić information content (AvgIpc) is 3.19. The van der Waals surface area contributed by atoms with Crippen LogP contribution in [0.5, 0.6) is 0 Å². The number of rotatable bonds is 6. The molecule has 0 fully saturated rings. The maximum absolute atomic E-state index is 4.64. The van der Waals surface area contributed by atoms with E-state index < -0.39 is 0 Å². The van der Waals surface area contributed by atoms with Gasteiger partial charge in [0.2, 0.25) is 0 Å². The second kappa shape index (κ2) is 17.9. The van der Waals surface area contributed by atoms with Crippen LogP contribution in [0.4, 0.5) is 0 Å². The van der Waals surface area contributed by atoms with Crippen molar-refractivity contribution in [3.8, 4) is 0 Å². The van der Waals surface area contributed by atoms with Gasteiger partial charge in [-0.15, -0.1) is 11.6 Å². The van der Waals surface area contributed by atoms with Crippen molar-refractivity contribution >= 4 is 11.6 Å². The van der Waals surface area contributed by atoms with Gasteiger partial charge in [0, 0.05) is 6.38 Å². The fraction of sp³-hybridized carbons (Fsp3) is 0.474. The van der Waals surface area contributed by atoms with Crippen molar-refractivity contribution in [2.75, 3.05) is 6.38 Å². The molecule has 0 saturated carbocycles. The molecule has 0 spiro atoms. The molecule has 0 saturated heterocycles. The van der Waals surface area contributed by atoms with Gasteiger partial charge in [0.05, 0.1) is 0 Å². The van der Waals surface area contributed by atoms with Crippen molar-refractivity contribution in [1.82, 2.24) is 0 Å². The maximum Gasteiger partial charge on any atom is 2.00 e. The van der Waals surface area contributed by atoms with Gasteiger partial charge >= 0.3 is 26.2 Å². The molecule has 2 rings (SSSR count). The molecule has 0 aliphatic heterocycles. The van der Waals surface area contributed by atoms with E-state index in [2.05, 4.69) is 74.0 Å². The summed E-state index contributed by atoms with van der Waals surface area (Å²) < 4.78 is 0. The number of alkyl halides is 1. The summed E-state index contributed by atoms with van der Waals surface area (Å²) in [6.07, 6.45) is 9.22. The third kappa shape index (κ3) is 13.3.